The third-order valence-electron chi connectivity index (χ3n) is 3.70. The molecule has 0 spiro atoms. The molecule has 0 bridgehead atoms. The van der Waals surface area contributed by atoms with Crippen molar-refractivity contribution < 1.29 is 4.42 Å². The van der Waals surface area contributed by atoms with Crippen LogP contribution in [0.25, 0.3) is 0 Å². The predicted octanol–water partition coefficient (Wildman–Crippen LogP) is 2.93. The van der Waals surface area contributed by atoms with Crippen molar-refractivity contribution in [3.63, 3.8) is 0 Å². The molecule has 1 aromatic heterocycles. The zero-order chi connectivity index (χ0) is 13.0. The van der Waals surface area contributed by atoms with Gasteiger partial charge in [-0.3, -0.25) is 4.90 Å². The zero-order valence-electron chi connectivity index (χ0n) is 12.0. The van der Waals surface area contributed by atoms with Gasteiger partial charge < -0.3 is 9.73 Å². The van der Waals surface area contributed by atoms with Crippen molar-refractivity contribution in [1.82, 2.24) is 10.2 Å². The molecule has 1 fully saturated rings. The van der Waals surface area contributed by atoms with E-state index in [-0.39, 0.29) is 0 Å². The molecule has 0 saturated carbocycles. The van der Waals surface area contributed by atoms with E-state index >= 15 is 0 Å². The van der Waals surface area contributed by atoms with Gasteiger partial charge in [-0.1, -0.05) is 13.8 Å². The van der Waals surface area contributed by atoms with Crippen LogP contribution in [0.2, 0.25) is 0 Å². The fraction of sp³-hybridized carbons (Fsp3) is 0.733. The molecule has 1 aliphatic rings. The summed E-state index contributed by atoms with van der Waals surface area (Å²) in [6.45, 7) is 12.0. The standard InChI is InChI=1S/C15H26N2O/c1-4-6-16-9-15-8-14(13(3)18-15)11-17-7-5-12(2)10-17/h8,12,16H,4-7,9-11H2,1-3H3. The van der Waals surface area contributed by atoms with Crippen LogP contribution in [0, 0.1) is 12.8 Å². The highest BCUT2D eigenvalue weighted by Crippen LogP contribution is 2.21. The summed E-state index contributed by atoms with van der Waals surface area (Å²) in [5.41, 5.74) is 1.36. The maximum Gasteiger partial charge on any atom is 0.118 e. The monoisotopic (exact) mass is 250 g/mol. The molecule has 1 unspecified atom stereocenters. The number of nitrogens with one attached hydrogen (secondary N) is 1. The average molecular weight is 250 g/mol. The van der Waals surface area contributed by atoms with E-state index in [2.05, 4.69) is 37.1 Å². The van der Waals surface area contributed by atoms with Crippen LogP contribution in [0.1, 0.15) is 43.8 Å². The minimum Gasteiger partial charge on any atom is -0.465 e. The minimum absolute atomic E-state index is 0.850. The fourth-order valence-corrected chi connectivity index (χ4v) is 2.63. The SMILES string of the molecule is CCCNCc1cc(CN2CCC(C)C2)c(C)o1. The Bertz CT molecular complexity index is 373. The fourth-order valence-electron chi connectivity index (χ4n) is 2.63. The van der Waals surface area contributed by atoms with Crippen molar-refractivity contribution in [2.24, 2.45) is 5.92 Å². The molecule has 1 saturated heterocycles. The summed E-state index contributed by atoms with van der Waals surface area (Å²) in [4.78, 5) is 2.53. The van der Waals surface area contributed by atoms with E-state index in [0.717, 1.165) is 43.5 Å². The van der Waals surface area contributed by atoms with E-state index in [1.165, 1.54) is 25.1 Å². The third-order valence-corrected chi connectivity index (χ3v) is 3.70. The van der Waals surface area contributed by atoms with Crippen molar-refractivity contribution in [2.75, 3.05) is 19.6 Å². The highest BCUT2D eigenvalue weighted by molar-refractivity contribution is 5.20. The maximum atomic E-state index is 5.81. The van der Waals surface area contributed by atoms with Crippen molar-refractivity contribution in [1.29, 1.82) is 0 Å². The van der Waals surface area contributed by atoms with Gasteiger partial charge in [0.1, 0.15) is 11.5 Å². The summed E-state index contributed by atoms with van der Waals surface area (Å²) in [7, 11) is 0. The molecule has 1 N–H and O–H groups in total. The van der Waals surface area contributed by atoms with Crippen LogP contribution in [0.5, 0.6) is 0 Å². The number of aryl methyl sites for hydroxylation is 1. The molecule has 0 aliphatic carbocycles. The normalized spacial score (nSPS) is 20.7. The third kappa shape index (κ3) is 3.59. The Morgan fingerprint density at radius 1 is 1.50 bits per heavy atom. The quantitative estimate of drug-likeness (QED) is 0.787. The highest BCUT2D eigenvalue weighted by Gasteiger charge is 2.20. The molecule has 102 valence electrons. The smallest absolute Gasteiger partial charge is 0.118 e. The summed E-state index contributed by atoms with van der Waals surface area (Å²) in [5, 5.41) is 3.39. The summed E-state index contributed by atoms with van der Waals surface area (Å²) in [6, 6.07) is 2.22. The number of nitrogens with zero attached hydrogens (tertiary/aromatic N) is 1. The molecule has 3 nitrogen and oxygen atoms in total. The van der Waals surface area contributed by atoms with E-state index in [1.54, 1.807) is 0 Å². The van der Waals surface area contributed by atoms with E-state index < -0.39 is 0 Å². The summed E-state index contributed by atoms with van der Waals surface area (Å²) >= 11 is 0. The van der Waals surface area contributed by atoms with Crippen molar-refractivity contribution in [3.8, 4) is 0 Å². The lowest BCUT2D eigenvalue weighted by Gasteiger charge is -2.14. The van der Waals surface area contributed by atoms with E-state index in [9.17, 15) is 0 Å². The van der Waals surface area contributed by atoms with Gasteiger partial charge in [0.2, 0.25) is 0 Å². The van der Waals surface area contributed by atoms with Crippen LogP contribution in [0.3, 0.4) is 0 Å². The van der Waals surface area contributed by atoms with Gasteiger partial charge in [-0.2, -0.15) is 0 Å². The second-order valence-electron chi connectivity index (χ2n) is 5.60. The van der Waals surface area contributed by atoms with Gasteiger partial charge in [0.05, 0.1) is 6.54 Å². The molecule has 1 aliphatic heterocycles. The number of rotatable bonds is 6. The van der Waals surface area contributed by atoms with Gasteiger partial charge in [-0.25, -0.2) is 0 Å². The Labute approximate surface area is 111 Å². The van der Waals surface area contributed by atoms with Crippen LogP contribution in [-0.2, 0) is 13.1 Å². The first kappa shape index (κ1) is 13.6. The molecule has 2 heterocycles. The molecule has 0 amide bonds. The Morgan fingerprint density at radius 2 is 2.33 bits per heavy atom. The highest BCUT2D eigenvalue weighted by atomic mass is 16.3. The Kier molecular flexibility index (Phi) is 4.84. The van der Waals surface area contributed by atoms with E-state index in [0.29, 0.717) is 0 Å². The Hall–Kier alpha value is -0.800. The molecule has 0 aromatic carbocycles. The number of furan rings is 1. The Morgan fingerprint density at radius 3 is 3.00 bits per heavy atom. The summed E-state index contributed by atoms with van der Waals surface area (Å²) in [6.07, 6.45) is 2.50. The van der Waals surface area contributed by atoms with Gasteiger partial charge in [0.15, 0.2) is 0 Å². The largest absolute Gasteiger partial charge is 0.465 e. The number of hydrogen-bond donors (Lipinski definition) is 1. The van der Waals surface area contributed by atoms with Crippen LogP contribution in [-0.4, -0.2) is 24.5 Å². The van der Waals surface area contributed by atoms with Crippen molar-refractivity contribution in [2.45, 2.75) is 46.7 Å². The van der Waals surface area contributed by atoms with Crippen LogP contribution in [0.15, 0.2) is 10.5 Å². The van der Waals surface area contributed by atoms with Crippen LogP contribution in [0.4, 0.5) is 0 Å². The lowest BCUT2D eigenvalue weighted by Crippen LogP contribution is -2.19. The van der Waals surface area contributed by atoms with Crippen molar-refractivity contribution in [3.05, 3.63) is 23.2 Å². The molecule has 1 aromatic rings. The van der Waals surface area contributed by atoms with E-state index in [1.807, 2.05) is 0 Å². The molecule has 18 heavy (non-hydrogen) atoms. The summed E-state index contributed by atoms with van der Waals surface area (Å²) in [5.74, 6) is 3.01. The lowest BCUT2D eigenvalue weighted by molar-refractivity contribution is 0.317. The zero-order valence-corrected chi connectivity index (χ0v) is 12.0. The first-order valence-electron chi connectivity index (χ1n) is 7.20. The predicted molar refractivity (Wildman–Crippen MR) is 74.5 cm³/mol. The van der Waals surface area contributed by atoms with Gasteiger partial charge >= 0.3 is 0 Å². The van der Waals surface area contributed by atoms with Crippen LogP contribution >= 0.6 is 0 Å². The Balaban J connectivity index is 1.88. The second-order valence-corrected chi connectivity index (χ2v) is 5.60. The number of hydrogen-bond acceptors (Lipinski definition) is 3. The maximum absolute atomic E-state index is 5.81. The molecule has 2 rings (SSSR count). The van der Waals surface area contributed by atoms with E-state index in [4.69, 9.17) is 4.42 Å². The molecule has 1 atom stereocenters. The summed E-state index contributed by atoms with van der Waals surface area (Å²) < 4.78 is 5.81. The number of likely N-dealkylation sites (tertiary alicyclic amines) is 1. The van der Waals surface area contributed by atoms with Crippen molar-refractivity contribution >= 4 is 0 Å². The lowest BCUT2D eigenvalue weighted by atomic mass is 10.2. The molecular weight excluding hydrogens is 224 g/mol. The van der Waals surface area contributed by atoms with Gasteiger partial charge in [-0.15, -0.1) is 0 Å². The first-order valence-corrected chi connectivity index (χ1v) is 7.20. The second kappa shape index (κ2) is 6.39. The molecular formula is C15H26N2O. The van der Waals surface area contributed by atoms with Gasteiger partial charge in [0, 0.05) is 18.7 Å². The van der Waals surface area contributed by atoms with Crippen LogP contribution < -0.4 is 5.32 Å². The van der Waals surface area contributed by atoms with Gasteiger partial charge in [-0.05, 0) is 44.8 Å². The average Bonchev–Trinajstić information content (AvgIpc) is 2.88. The first-order chi connectivity index (χ1) is 8.69. The molecule has 3 heteroatoms. The minimum atomic E-state index is 0.850. The topological polar surface area (TPSA) is 28.4 Å². The molecule has 0 radical (unpaired) electrons. The van der Waals surface area contributed by atoms with Gasteiger partial charge in [0.25, 0.3) is 0 Å².